The summed E-state index contributed by atoms with van der Waals surface area (Å²) in [5, 5.41) is 0.271. The Labute approximate surface area is 153 Å². The molecule has 0 N–H and O–H groups in total. The van der Waals surface area contributed by atoms with Gasteiger partial charge < -0.3 is 14.5 Å². The molecule has 0 atom stereocenters. The first kappa shape index (κ1) is 19.0. The van der Waals surface area contributed by atoms with Crippen LogP contribution in [0.5, 0.6) is 0 Å². The van der Waals surface area contributed by atoms with Crippen molar-refractivity contribution in [3.05, 3.63) is 33.0 Å². The van der Waals surface area contributed by atoms with Crippen LogP contribution in [0.2, 0.25) is 5.02 Å². The van der Waals surface area contributed by atoms with Gasteiger partial charge in [0.25, 0.3) is 5.91 Å². The van der Waals surface area contributed by atoms with E-state index in [9.17, 15) is 14.0 Å². The zero-order valence-electron chi connectivity index (χ0n) is 13.7. The average molecular weight is 422 g/mol. The van der Waals surface area contributed by atoms with Crippen molar-refractivity contribution in [2.24, 2.45) is 0 Å². The number of rotatable bonds is 1. The summed E-state index contributed by atoms with van der Waals surface area (Å²) < 4.78 is 19.7. The number of ether oxygens (including phenoxy) is 1. The topological polar surface area (TPSA) is 49.9 Å². The predicted molar refractivity (Wildman–Crippen MR) is 92.8 cm³/mol. The molecule has 24 heavy (non-hydrogen) atoms. The SMILES string of the molecule is CC(C)(C)OC(=O)N1CCN(C(=O)c2cc(Cl)c(Br)cc2F)CC1. The van der Waals surface area contributed by atoms with E-state index in [1.54, 1.807) is 25.7 Å². The molecular weight excluding hydrogens is 403 g/mol. The first-order valence-corrected chi connectivity index (χ1v) is 8.67. The maximum Gasteiger partial charge on any atom is 0.410 e. The average Bonchev–Trinajstić information content (AvgIpc) is 2.49. The fraction of sp³-hybridized carbons (Fsp3) is 0.500. The molecule has 0 bridgehead atoms. The molecule has 2 amide bonds. The molecule has 5 nitrogen and oxygen atoms in total. The minimum Gasteiger partial charge on any atom is -0.444 e. The molecule has 0 spiro atoms. The Balaban J connectivity index is 2.01. The molecular formula is C16H19BrClFN2O3. The molecule has 132 valence electrons. The van der Waals surface area contributed by atoms with E-state index in [4.69, 9.17) is 16.3 Å². The first-order valence-electron chi connectivity index (χ1n) is 7.50. The summed E-state index contributed by atoms with van der Waals surface area (Å²) in [6.07, 6.45) is -0.410. The highest BCUT2D eigenvalue weighted by atomic mass is 79.9. The molecule has 1 aliphatic heterocycles. The smallest absolute Gasteiger partial charge is 0.410 e. The van der Waals surface area contributed by atoms with Crippen LogP contribution in [0.1, 0.15) is 31.1 Å². The lowest BCUT2D eigenvalue weighted by Gasteiger charge is -2.35. The number of hydrogen-bond acceptors (Lipinski definition) is 3. The normalized spacial score (nSPS) is 15.4. The molecule has 0 aliphatic carbocycles. The lowest BCUT2D eigenvalue weighted by Crippen LogP contribution is -2.51. The summed E-state index contributed by atoms with van der Waals surface area (Å²) in [6, 6.07) is 2.48. The van der Waals surface area contributed by atoms with Gasteiger partial charge in [-0.25, -0.2) is 9.18 Å². The standard InChI is InChI=1S/C16H19BrClFN2O3/c1-16(2,3)24-15(23)21-6-4-20(5-7-21)14(22)10-8-12(18)11(17)9-13(10)19/h8-9H,4-7H2,1-3H3. The summed E-state index contributed by atoms with van der Waals surface area (Å²) in [7, 11) is 0. The summed E-state index contributed by atoms with van der Waals surface area (Å²) >= 11 is 9.06. The number of carbonyl (C=O) groups is 2. The van der Waals surface area contributed by atoms with Crippen molar-refractivity contribution in [1.29, 1.82) is 0 Å². The van der Waals surface area contributed by atoms with Gasteiger partial charge in [-0.05, 0) is 48.8 Å². The van der Waals surface area contributed by atoms with E-state index in [2.05, 4.69) is 15.9 Å². The van der Waals surface area contributed by atoms with Crippen LogP contribution in [0.3, 0.4) is 0 Å². The number of benzene rings is 1. The second-order valence-electron chi connectivity index (χ2n) is 6.51. The molecule has 1 fully saturated rings. The zero-order chi connectivity index (χ0) is 18.1. The Kier molecular flexibility index (Phi) is 5.75. The molecule has 0 saturated carbocycles. The lowest BCUT2D eigenvalue weighted by molar-refractivity contribution is 0.0140. The Bertz CT molecular complexity index is 655. The Morgan fingerprint density at radius 1 is 1.17 bits per heavy atom. The summed E-state index contributed by atoms with van der Waals surface area (Å²) in [5.41, 5.74) is -0.643. The number of hydrogen-bond donors (Lipinski definition) is 0. The van der Waals surface area contributed by atoms with Crippen LogP contribution < -0.4 is 0 Å². The van der Waals surface area contributed by atoms with Crippen LogP contribution in [0.4, 0.5) is 9.18 Å². The third-order valence-corrected chi connectivity index (χ3v) is 4.66. The molecule has 1 aromatic rings. The van der Waals surface area contributed by atoms with Crippen molar-refractivity contribution in [3.8, 4) is 0 Å². The van der Waals surface area contributed by atoms with E-state index >= 15 is 0 Å². The minimum atomic E-state index is -0.633. The fourth-order valence-corrected chi connectivity index (χ4v) is 2.75. The Morgan fingerprint density at radius 2 is 1.71 bits per heavy atom. The van der Waals surface area contributed by atoms with E-state index in [1.807, 2.05) is 0 Å². The molecule has 8 heteroatoms. The second-order valence-corrected chi connectivity index (χ2v) is 7.77. The Hall–Kier alpha value is -1.34. The Morgan fingerprint density at radius 3 is 2.25 bits per heavy atom. The van der Waals surface area contributed by atoms with Gasteiger partial charge in [-0.2, -0.15) is 0 Å². The van der Waals surface area contributed by atoms with Gasteiger partial charge in [0.05, 0.1) is 10.6 Å². The molecule has 1 aromatic carbocycles. The second kappa shape index (κ2) is 7.27. The number of piperazine rings is 1. The van der Waals surface area contributed by atoms with E-state index in [-0.39, 0.29) is 10.6 Å². The number of amides is 2. The predicted octanol–water partition coefficient (Wildman–Crippen LogP) is 3.93. The van der Waals surface area contributed by atoms with Gasteiger partial charge in [0.1, 0.15) is 11.4 Å². The molecule has 0 unspecified atom stereocenters. The van der Waals surface area contributed by atoms with Crippen molar-refractivity contribution in [3.63, 3.8) is 0 Å². The lowest BCUT2D eigenvalue weighted by atomic mass is 10.1. The first-order chi connectivity index (χ1) is 11.1. The number of carbonyl (C=O) groups excluding carboxylic acids is 2. The van der Waals surface area contributed by atoms with Gasteiger partial charge in [-0.3, -0.25) is 4.79 Å². The van der Waals surface area contributed by atoms with E-state index < -0.39 is 23.4 Å². The number of halogens is 3. The van der Waals surface area contributed by atoms with Gasteiger partial charge in [-0.15, -0.1) is 0 Å². The van der Waals surface area contributed by atoms with E-state index in [0.717, 1.165) is 0 Å². The minimum absolute atomic E-state index is 0.0751. The van der Waals surface area contributed by atoms with Gasteiger partial charge in [-0.1, -0.05) is 11.6 Å². The highest BCUT2D eigenvalue weighted by Gasteiger charge is 2.29. The fourth-order valence-electron chi connectivity index (χ4n) is 2.28. The molecule has 0 aromatic heterocycles. The number of nitrogens with zero attached hydrogens (tertiary/aromatic N) is 2. The van der Waals surface area contributed by atoms with Crippen LogP contribution in [0.15, 0.2) is 16.6 Å². The summed E-state index contributed by atoms with van der Waals surface area (Å²) in [4.78, 5) is 27.5. The van der Waals surface area contributed by atoms with Gasteiger partial charge in [0.15, 0.2) is 0 Å². The molecule has 0 radical (unpaired) electrons. The van der Waals surface area contributed by atoms with E-state index in [0.29, 0.717) is 30.7 Å². The zero-order valence-corrected chi connectivity index (χ0v) is 16.1. The van der Waals surface area contributed by atoms with Crippen molar-refractivity contribution in [2.75, 3.05) is 26.2 Å². The van der Waals surface area contributed by atoms with Crippen LogP contribution in [0.25, 0.3) is 0 Å². The monoisotopic (exact) mass is 420 g/mol. The highest BCUT2D eigenvalue weighted by molar-refractivity contribution is 9.10. The van der Waals surface area contributed by atoms with Crippen LogP contribution in [0, 0.1) is 5.82 Å². The van der Waals surface area contributed by atoms with Crippen molar-refractivity contribution in [2.45, 2.75) is 26.4 Å². The van der Waals surface area contributed by atoms with Crippen molar-refractivity contribution in [1.82, 2.24) is 9.80 Å². The summed E-state index contributed by atoms with van der Waals surface area (Å²) in [6.45, 7) is 6.69. The molecule has 1 saturated heterocycles. The molecule has 1 aliphatic rings. The van der Waals surface area contributed by atoms with Gasteiger partial charge >= 0.3 is 6.09 Å². The largest absolute Gasteiger partial charge is 0.444 e. The maximum absolute atomic E-state index is 14.0. The highest BCUT2D eigenvalue weighted by Crippen LogP contribution is 2.26. The third-order valence-electron chi connectivity index (χ3n) is 3.46. The van der Waals surface area contributed by atoms with Crippen molar-refractivity contribution < 1.29 is 18.7 Å². The molecule has 1 heterocycles. The molecule has 2 rings (SSSR count). The quantitative estimate of drug-likeness (QED) is 0.646. The van der Waals surface area contributed by atoms with Gasteiger partial charge in [0, 0.05) is 30.7 Å². The van der Waals surface area contributed by atoms with E-state index in [1.165, 1.54) is 17.0 Å². The van der Waals surface area contributed by atoms with Crippen LogP contribution >= 0.6 is 27.5 Å². The van der Waals surface area contributed by atoms with Crippen LogP contribution in [-0.4, -0.2) is 53.6 Å². The maximum atomic E-state index is 14.0. The van der Waals surface area contributed by atoms with Gasteiger partial charge in [0.2, 0.25) is 0 Å². The summed E-state index contributed by atoms with van der Waals surface area (Å²) in [5.74, 6) is -1.07. The van der Waals surface area contributed by atoms with Crippen molar-refractivity contribution >= 4 is 39.5 Å². The van der Waals surface area contributed by atoms with Crippen LogP contribution in [-0.2, 0) is 4.74 Å². The third kappa shape index (κ3) is 4.60.